The third kappa shape index (κ3) is 57.0. The summed E-state index contributed by atoms with van der Waals surface area (Å²) in [7, 11) is 0. The molecule has 6 heavy (non-hydrogen) atoms. The van der Waals surface area contributed by atoms with Crippen molar-refractivity contribution in [2.45, 2.75) is 7.43 Å². The maximum Gasteiger partial charge on any atom is -0.0149 e. The zero-order chi connectivity index (χ0) is 2.00. The van der Waals surface area contributed by atoms with Gasteiger partial charge in [0.15, 0.2) is 0 Å². The molecule has 0 rings (SSSR count). The van der Waals surface area contributed by atoms with Gasteiger partial charge in [-0.1, -0.05) is 7.43 Å². The molecule has 0 unspecified atom stereocenters. The smallest absolute Gasteiger partial charge is 0.0149 e. The van der Waals surface area contributed by atoms with E-state index in [0.717, 1.165) is 0 Å². The van der Waals surface area contributed by atoms with Crippen molar-refractivity contribution in [2.75, 3.05) is 0 Å². The fourth-order valence-corrected chi connectivity index (χ4v) is 0. The minimum absolute atomic E-state index is 0. The number of hydrogen-bond acceptors (Lipinski definition) is 1. The molecule has 0 aliphatic heterocycles. The SMILES string of the molecule is C.[GeH4].[O]=[GeH2].[SiH4].[SiH4]. The standard InChI is InChI=1S/CH4.GeH2O.GeH4.2H4Si/c;1-2;;;/h1H4;1H2;3*1H4. The van der Waals surface area contributed by atoms with Crippen LogP contribution in [0.15, 0.2) is 0 Å². The minimum Gasteiger partial charge on any atom is -0.0149 e. The van der Waals surface area contributed by atoms with E-state index in [1.54, 1.807) is 0 Å². The van der Waals surface area contributed by atoms with Crippen LogP contribution < -0.4 is 0 Å². The summed E-state index contributed by atoms with van der Waals surface area (Å²) in [4.78, 5) is 0. The van der Waals surface area contributed by atoms with Crippen LogP contribution in [0.1, 0.15) is 7.43 Å². The van der Waals surface area contributed by atoms with Crippen LogP contribution in [0.4, 0.5) is 0 Å². The first-order chi connectivity index (χ1) is 1.00. The van der Waals surface area contributed by atoms with Gasteiger partial charge in [0, 0.05) is 0 Å². The van der Waals surface area contributed by atoms with Crippen molar-refractivity contribution < 1.29 is 3.78 Å². The van der Waals surface area contributed by atoms with E-state index in [1.165, 1.54) is 0 Å². The van der Waals surface area contributed by atoms with Crippen LogP contribution in [0.3, 0.4) is 0 Å². The van der Waals surface area contributed by atoms with E-state index in [9.17, 15) is 0 Å². The topological polar surface area (TPSA) is 17.1 Å². The van der Waals surface area contributed by atoms with Crippen molar-refractivity contribution in [1.29, 1.82) is 0 Å². The van der Waals surface area contributed by atoms with Gasteiger partial charge in [-0.3, -0.25) is 0 Å². The van der Waals surface area contributed by atoms with Crippen LogP contribution in [0, 0.1) is 0 Å². The zero-order valence-corrected chi connectivity index (χ0v) is 4.08. The maximum absolute atomic E-state index is 8.38. The normalized spacial score (nSPS) is 0.667. The van der Waals surface area contributed by atoms with Crippen LogP contribution in [-0.4, -0.2) is 56.0 Å². The first kappa shape index (κ1) is 54.3. The Hall–Kier alpha value is 1.32. The van der Waals surface area contributed by atoms with Crippen molar-refractivity contribution in [3.63, 3.8) is 0 Å². The summed E-state index contributed by atoms with van der Waals surface area (Å²) in [6.07, 6.45) is 0. The summed E-state index contributed by atoms with van der Waals surface area (Å²) >= 11 is 0.125. The van der Waals surface area contributed by atoms with E-state index < -0.39 is 0 Å². The molecular weight excluding hydrogens is 229 g/mol. The Bertz CT molecular complexity index is 11.5. The van der Waals surface area contributed by atoms with Gasteiger partial charge in [0.1, 0.15) is 0 Å². The van der Waals surface area contributed by atoms with Crippen LogP contribution in [0.5, 0.6) is 0 Å². The molecule has 0 aromatic rings. The van der Waals surface area contributed by atoms with Crippen LogP contribution in [0.2, 0.25) is 0 Å². The van der Waals surface area contributed by atoms with Crippen molar-refractivity contribution in [2.24, 2.45) is 0 Å². The second-order valence-electron chi connectivity index (χ2n) is 0. The molecule has 0 bridgehead atoms. The third-order valence-electron chi connectivity index (χ3n) is 0. The van der Waals surface area contributed by atoms with Gasteiger partial charge in [-0.05, 0) is 21.9 Å². The summed E-state index contributed by atoms with van der Waals surface area (Å²) in [5, 5.41) is 0. The van der Waals surface area contributed by atoms with E-state index >= 15 is 0 Å². The monoisotopic (exact) mass is 250 g/mol. The molecule has 0 saturated heterocycles. The van der Waals surface area contributed by atoms with Crippen molar-refractivity contribution in [1.82, 2.24) is 0 Å². The van der Waals surface area contributed by atoms with Crippen LogP contribution in [0.25, 0.3) is 0 Å². The Labute approximate surface area is 67.1 Å². The van der Waals surface area contributed by atoms with E-state index in [1.807, 2.05) is 0 Å². The number of hydrogen-bond donors (Lipinski definition) is 0. The second kappa shape index (κ2) is 103. The molecule has 0 amide bonds. The Morgan fingerprint density at radius 2 is 1.00 bits per heavy atom. The fraction of sp³-hybridized carbons (Fsp3) is 1.00. The van der Waals surface area contributed by atoms with Gasteiger partial charge < -0.3 is 0 Å². The average Bonchev–Trinajstić information content (AvgIpc) is 1.00. The maximum atomic E-state index is 8.38. The third-order valence-corrected chi connectivity index (χ3v) is 0. The van der Waals surface area contributed by atoms with Gasteiger partial charge in [-0.2, -0.15) is 0 Å². The Morgan fingerprint density at radius 3 is 1.00 bits per heavy atom. The van der Waals surface area contributed by atoms with E-state index in [0.29, 0.717) is 0 Å². The van der Waals surface area contributed by atoms with Gasteiger partial charge in [0.2, 0.25) is 0 Å². The average molecular weight is 248 g/mol. The largest absolute Gasteiger partial charge is 0.0149 e. The van der Waals surface area contributed by atoms with Gasteiger partial charge in [-0.25, -0.2) is 0 Å². The number of rotatable bonds is 0. The van der Waals surface area contributed by atoms with Gasteiger partial charge in [-0.15, -0.1) is 0 Å². The molecule has 0 radical (unpaired) electrons. The minimum atomic E-state index is 0. The molecule has 0 spiro atoms. The summed E-state index contributed by atoms with van der Waals surface area (Å²) in [6, 6.07) is 0. The molecule has 0 atom stereocenters. The summed E-state index contributed by atoms with van der Waals surface area (Å²) in [6.45, 7) is 0. The molecule has 5 heteroatoms. The molecule has 0 saturated carbocycles. The Kier molecular flexibility index (Phi) is 930. The molecule has 44 valence electrons. The van der Waals surface area contributed by atoms with E-state index in [2.05, 4.69) is 0 Å². The van der Waals surface area contributed by atoms with Crippen molar-refractivity contribution >= 4 is 56.0 Å². The Balaban J connectivity index is -0.000000000833. The van der Waals surface area contributed by atoms with Gasteiger partial charge >= 0.3 is 37.8 Å². The zero-order valence-electron chi connectivity index (χ0n) is 1.12. The first-order valence-electron chi connectivity index (χ1n) is 0.289. The van der Waals surface area contributed by atoms with Crippen molar-refractivity contribution in [3.05, 3.63) is 0 Å². The molecule has 0 aliphatic rings. The van der Waals surface area contributed by atoms with Crippen LogP contribution >= 0.6 is 0 Å². The molecule has 1 nitrogen and oxygen atoms in total. The molecule has 0 fully saturated rings. The fourth-order valence-electron chi connectivity index (χ4n) is 0. The summed E-state index contributed by atoms with van der Waals surface area (Å²) in [5.74, 6) is 0. The first-order valence-corrected chi connectivity index (χ1v) is 1.50. The van der Waals surface area contributed by atoms with Gasteiger partial charge in [0.05, 0.1) is 0 Å². The van der Waals surface area contributed by atoms with Crippen molar-refractivity contribution in [3.8, 4) is 0 Å². The quantitative estimate of drug-likeness (QED) is 0.393. The Morgan fingerprint density at radius 1 is 1.00 bits per heavy atom. The molecule has 0 aromatic heterocycles. The molecule has 0 aliphatic carbocycles. The molecular formula is CH18Ge2OSi2. The molecule has 0 heterocycles. The summed E-state index contributed by atoms with van der Waals surface area (Å²) in [5.41, 5.74) is 0. The van der Waals surface area contributed by atoms with E-state index in [4.69, 9.17) is 3.78 Å². The van der Waals surface area contributed by atoms with Crippen LogP contribution in [-0.2, 0) is 3.78 Å². The molecule has 0 N–H and O–H groups in total. The molecule has 0 aromatic carbocycles. The van der Waals surface area contributed by atoms with Gasteiger partial charge in [0.25, 0.3) is 0 Å². The predicted molar refractivity (Wildman–Crippen MR) is 50.0 cm³/mol. The predicted octanol–water partition coefficient (Wildman–Crippen LogP) is -4.75. The summed E-state index contributed by atoms with van der Waals surface area (Å²) < 4.78 is 8.38. The van der Waals surface area contributed by atoms with E-state index in [-0.39, 0.29) is 63.4 Å². The second-order valence-corrected chi connectivity index (χ2v) is 0.